The molecule has 2 aliphatic rings. The van der Waals surface area contributed by atoms with Crippen molar-refractivity contribution >= 4 is 23.7 Å². The normalized spacial score (nSPS) is 21.7. The molecule has 3 N–H and O–H groups in total. The van der Waals surface area contributed by atoms with Crippen LogP contribution in [0.4, 0.5) is 0 Å². The summed E-state index contributed by atoms with van der Waals surface area (Å²) in [5.41, 5.74) is 4.06. The summed E-state index contributed by atoms with van der Waals surface area (Å²) in [4.78, 5) is 2.88. The Bertz CT molecular complexity index is 794. The molecule has 2 aromatic rings. The minimum atomic E-state index is -0.00771. The summed E-state index contributed by atoms with van der Waals surface area (Å²) in [7, 11) is 0. The molecule has 1 aromatic heterocycles. The maximum atomic E-state index is 10.0. The number of aromatic hydroxyl groups is 2. The second-order valence-electron chi connectivity index (χ2n) is 8.37. The van der Waals surface area contributed by atoms with Gasteiger partial charge in [-0.2, -0.15) is 0 Å². The van der Waals surface area contributed by atoms with Crippen LogP contribution in [0.5, 0.6) is 11.5 Å². The number of hydrogen-bond acceptors (Lipinski definition) is 4. The van der Waals surface area contributed by atoms with Gasteiger partial charge in [-0.25, -0.2) is 0 Å². The summed E-state index contributed by atoms with van der Waals surface area (Å²) < 4.78 is 0. The summed E-state index contributed by atoms with van der Waals surface area (Å²) in [6.07, 6.45) is 3.12. The Labute approximate surface area is 159 Å². The van der Waals surface area contributed by atoms with Crippen LogP contribution in [0.3, 0.4) is 0 Å². The van der Waals surface area contributed by atoms with Crippen molar-refractivity contribution in [3.8, 4) is 11.5 Å². The predicted octanol–water partition coefficient (Wildman–Crippen LogP) is 4.72. The predicted molar refractivity (Wildman–Crippen MR) is 105 cm³/mol. The number of hydrogen-bond donors (Lipinski definition) is 3. The molecule has 0 amide bonds. The van der Waals surface area contributed by atoms with Crippen LogP contribution in [0.1, 0.15) is 59.6 Å². The van der Waals surface area contributed by atoms with Gasteiger partial charge in [-0.1, -0.05) is 20.8 Å². The third-order valence-electron chi connectivity index (χ3n) is 5.16. The van der Waals surface area contributed by atoms with Crippen molar-refractivity contribution in [3.63, 3.8) is 0 Å². The number of rotatable bonds is 1. The molecule has 5 heteroatoms. The second kappa shape index (κ2) is 6.49. The number of fused-ring (bicyclic) bond motifs is 5. The number of halogens is 1. The maximum Gasteiger partial charge on any atom is 0.157 e. The highest BCUT2D eigenvalue weighted by Crippen LogP contribution is 2.46. The molecule has 0 spiro atoms. The first-order valence-corrected chi connectivity index (χ1v) is 9.53. The van der Waals surface area contributed by atoms with Gasteiger partial charge in [0.1, 0.15) is 0 Å². The van der Waals surface area contributed by atoms with Crippen LogP contribution in [-0.4, -0.2) is 16.3 Å². The Morgan fingerprint density at radius 2 is 1.84 bits per heavy atom. The molecule has 1 aromatic carbocycles. The van der Waals surface area contributed by atoms with Gasteiger partial charge in [0, 0.05) is 28.3 Å². The zero-order valence-corrected chi connectivity index (χ0v) is 16.6. The van der Waals surface area contributed by atoms with Gasteiger partial charge in [-0.15, -0.1) is 23.7 Å². The molecule has 1 aliphatic heterocycles. The topological polar surface area (TPSA) is 52.5 Å². The molecular weight excluding hydrogens is 354 g/mol. The zero-order chi connectivity index (χ0) is 17.1. The number of benzene rings is 1. The van der Waals surface area contributed by atoms with E-state index >= 15 is 0 Å². The van der Waals surface area contributed by atoms with Crippen molar-refractivity contribution in [2.75, 3.05) is 0 Å². The molecule has 2 heterocycles. The summed E-state index contributed by atoms with van der Waals surface area (Å²) in [5, 5.41) is 23.5. The van der Waals surface area contributed by atoms with Crippen molar-refractivity contribution in [2.24, 2.45) is 5.41 Å². The lowest BCUT2D eigenvalue weighted by atomic mass is 9.73. The first kappa shape index (κ1) is 18.6. The van der Waals surface area contributed by atoms with Crippen LogP contribution in [0.2, 0.25) is 0 Å². The van der Waals surface area contributed by atoms with Gasteiger partial charge in [-0.05, 0) is 59.6 Å². The quantitative estimate of drug-likeness (QED) is 0.628. The second-order valence-corrected chi connectivity index (χ2v) is 9.59. The molecule has 0 saturated carbocycles. The largest absolute Gasteiger partial charge is 0.504 e. The molecule has 0 radical (unpaired) electrons. The highest BCUT2D eigenvalue weighted by molar-refractivity contribution is 7.12. The lowest BCUT2D eigenvalue weighted by Crippen LogP contribution is -2.41. The van der Waals surface area contributed by atoms with E-state index in [9.17, 15) is 10.2 Å². The molecular formula is C20H26ClNO2S. The van der Waals surface area contributed by atoms with Crippen LogP contribution in [0.25, 0.3) is 0 Å². The summed E-state index contributed by atoms with van der Waals surface area (Å²) in [5.74, 6) is 0.274. The Balaban J connectivity index is 0.00000182. The fourth-order valence-electron chi connectivity index (χ4n) is 4.18. The van der Waals surface area contributed by atoms with Crippen molar-refractivity contribution in [1.29, 1.82) is 0 Å². The Morgan fingerprint density at radius 3 is 2.56 bits per heavy atom. The molecule has 0 fully saturated rings. The average molecular weight is 380 g/mol. The van der Waals surface area contributed by atoms with Crippen molar-refractivity contribution < 1.29 is 10.2 Å². The van der Waals surface area contributed by atoms with Gasteiger partial charge in [0.2, 0.25) is 0 Å². The third kappa shape index (κ3) is 3.40. The molecule has 0 bridgehead atoms. The number of thiophene rings is 1. The van der Waals surface area contributed by atoms with E-state index in [0.29, 0.717) is 6.04 Å². The highest BCUT2D eigenvalue weighted by Gasteiger charge is 2.37. The van der Waals surface area contributed by atoms with Gasteiger partial charge >= 0.3 is 0 Å². The zero-order valence-electron chi connectivity index (χ0n) is 14.9. The van der Waals surface area contributed by atoms with Crippen molar-refractivity contribution in [2.45, 2.75) is 58.5 Å². The molecule has 0 unspecified atom stereocenters. The lowest BCUT2D eigenvalue weighted by molar-refractivity contribution is 0.382. The fourth-order valence-corrected chi connectivity index (χ4v) is 5.64. The molecule has 0 saturated heterocycles. The van der Waals surface area contributed by atoms with E-state index in [4.69, 9.17) is 0 Å². The SMILES string of the molecule is CC(C)(C)Cc1cc2c(s1)CN[C@H]1CCc3cc(O)c(O)cc3[C@H]21.Cl. The Kier molecular flexibility index (Phi) is 4.82. The lowest BCUT2D eigenvalue weighted by Gasteiger charge is -2.38. The van der Waals surface area contributed by atoms with Crippen molar-refractivity contribution in [3.05, 3.63) is 44.6 Å². The van der Waals surface area contributed by atoms with Gasteiger partial charge < -0.3 is 15.5 Å². The minimum Gasteiger partial charge on any atom is -0.504 e. The van der Waals surface area contributed by atoms with E-state index in [1.54, 1.807) is 12.1 Å². The van der Waals surface area contributed by atoms with E-state index in [2.05, 4.69) is 32.2 Å². The monoisotopic (exact) mass is 379 g/mol. The number of nitrogens with one attached hydrogen (secondary N) is 1. The van der Waals surface area contributed by atoms with Crippen molar-refractivity contribution in [1.82, 2.24) is 5.32 Å². The highest BCUT2D eigenvalue weighted by atomic mass is 35.5. The van der Waals surface area contributed by atoms with E-state index < -0.39 is 0 Å². The smallest absolute Gasteiger partial charge is 0.157 e. The maximum absolute atomic E-state index is 10.0. The fraction of sp³-hybridized carbons (Fsp3) is 0.500. The molecule has 136 valence electrons. The summed E-state index contributed by atoms with van der Waals surface area (Å²) in [6.45, 7) is 7.79. The van der Waals surface area contributed by atoms with E-state index in [1.165, 1.54) is 26.4 Å². The Hall–Kier alpha value is -1.23. The van der Waals surface area contributed by atoms with Gasteiger partial charge in [0.05, 0.1) is 0 Å². The first-order chi connectivity index (χ1) is 11.3. The Morgan fingerprint density at radius 1 is 1.12 bits per heavy atom. The molecule has 25 heavy (non-hydrogen) atoms. The van der Waals surface area contributed by atoms with Gasteiger partial charge in [0.25, 0.3) is 0 Å². The van der Waals surface area contributed by atoms with Gasteiger partial charge in [-0.3, -0.25) is 0 Å². The molecule has 2 atom stereocenters. The van der Waals surface area contributed by atoms with E-state index in [-0.39, 0.29) is 35.2 Å². The summed E-state index contributed by atoms with van der Waals surface area (Å²) in [6, 6.07) is 6.34. The minimum absolute atomic E-state index is 0. The van der Waals surface area contributed by atoms with E-state index in [1.807, 2.05) is 11.3 Å². The molecule has 1 aliphatic carbocycles. The van der Waals surface area contributed by atoms with Crippen LogP contribution in [0, 0.1) is 5.41 Å². The van der Waals surface area contributed by atoms with E-state index in [0.717, 1.165) is 25.8 Å². The van der Waals surface area contributed by atoms with Gasteiger partial charge in [0.15, 0.2) is 11.5 Å². The van der Waals surface area contributed by atoms with Crippen LogP contribution < -0.4 is 5.32 Å². The van der Waals surface area contributed by atoms with Crippen LogP contribution in [0.15, 0.2) is 18.2 Å². The standard InChI is InChI=1S/C20H25NO2S.ClH/c1-20(2,3)9-12-7-14-18(24-12)10-21-15-5-4-11-6-16(22)17(23)8-13(11)19(14)15;/h6-8,15,19,21-23H,4-5,9-10H2,1-3H3;1H/t15-,19+;/m0./s1. The average Bonchev–Trinajstić information content (AvgIpc) is 2.88. The third-order valence-corrected chi connectivity index (χ3v) is 6.31. The summed E-state index contributed by atoms with van der Waals surface area (Å²) >= 11 is 1.93. The van der Waals surface area contributed by atoms with Crippen LogP contribution in [-0.2, 0) is 19.4 Å². The first-order valence-electron chi connectivity index (χ1n) is 8.71. The number of aryl methyl sites for hydroxylation is 1. The molecule has 4 rings (SSSR count). The number of phenols is 2. The number of phenolic OH excluding ortho intramolecular Hbond substituents is 2. The molecule has 3 nitrogen and oxygen atoms in total. The van der Waals surface area contributed by atoms with Crippen LogP contribution >= 0.6 is 23.7 Å².